The molecule has 0 aromatic heterocycles. The van der Waals surface area contributed by atoms with Crippen LogP contribution in [-0.2, 0) is 9.59 Å². The smallest absolute Gasteiger partial charge is 0.338 e. The van der Waals surface area contributed by atoms with E-state index in [2.05, 4.69) is 5.32 Å². The van der Waals surface area contributed by atoms with Gasteiger partial charge in [-0.1, -0.05) is 32.1 Å². The zero-order chi connectivity index (χ0) is 24.2. The molecule has 2 saturated carbocycles. The van der Waals surface area contributed by atoms with Crippen molar-refractivity contribution in [3.63, 3.8) is 0 Å². The van der Waals surface area contributed by atoms with Gasteiger partial charge in [0.05, 0.1) is 5.56 Å². The van der Waals surface area contributed by atoms with E-state index in [-0.39, 0.29) is 29.3 Å². The van der Waals surface area contributed by atoms with Gasteiger partial charge in [-0.05, 0) is 74.6 Å². The molecule has 8 heteroatoms. The highest BCUT2D eigenvalue weighted by molar-refractivity contribution is 5.98. The van der Waals surface area contributed by atoms with E-state index in [0.29, 0.717) is 24.9 Å². The van der Waals surface area contributed by atoms with Crippen LogP contribution in [0.15, 0.2) is 18.2 Å². The number of rotatable bonds is 6. The number of carbonyl (C=O) groups excluding carboxylic acids is 2. The van der Waals surface area contributed by atoms with Crippen LogP contribution in [0.25, 0.3) is 0 Å². The first-order chi connectivity index (χ1) is 16.4. The third-order valence-electron chi connectivity index (χ3n) is 8.25. The van der Waals surface area contributed by atoms with Crippen molar-refractivity contribution < 1.29 is 23.9 Å². The minimum atomic E-state index is -1.36. The van der Waals surface area contributed by atoms with Crippen LogP contribution < -0.4 is 11.1 Å². The lowest BCUT2D eigenvalue weighted by molar-refractivity contribution is -0.142. The lowest BCUT2D eigenvalue weighted by Crippen LogP contribution is -2.49. The molecule has 2 aliphatic carbocycles. The summed E-state index contributed by atoms with van der Waals surface area (Å²) in [7, 11) is 0. The SMILES string of the molecule is NC[C@H]1CC[C@H](C(=O)N2CC[C@@H](C3CCCCC3)[C@H]2C(=O)Nc2ccc(C(=O)O)c(F)c2)CC1. The Morgan fingerprint density at radius 1 is 1.03 bits per heavy atom. The largest absolute Gasteiger partial charge is 0.478 e. The van der Waals surface area contributed by atoms with Gasteiger partial charge in [-0.3, -0.25) is 9.59 Å². The van der Waals surface area contributed by atoms with Crippen molar-refractivity contribution in [3.05, 3.63) is 29.6 Å². The van der Waals surface area contributed by atoms with E-state index >= 15 is 0 Å². The van der Waals surface area contributed by atoms with Crippen molar-refractivity contribution in [1.82, 2.24) is 4.90 Å². The second-order valence-electron chi connectivity index (χ2n) is 10.3. The van der Waals surface area contributed by atoms with E-state index in [1.807, 2.05) is 0 Å². The van der Waals surface area contributed by atoms with Crippen LogP contribution in [0.1, 0.15) is 74.6 Å². The Hall–Kier alpha value is -2.48. The monoisotopic (exact) mass is 473 g/mol. The lowest BCUT2D eigenvalue weighted by atomic mass is 9.76. The molecular formula is C26H36FN3O4. The third kappa shape index (κ3) is 5.27. The quantitative estimate of drug-likeness (QED) is 0.578. The fraction of sp³-hybridized carbons (Fsp3) is 0.654. The van der Waals surface area contributed by atoms with Gasteiger partial charge in [0.15, 0.2) is 0 Å². The van der Waals surface area contributed by atoms with Gasteiger partial charge in [-0.2, -0.15) is 0 Å². The molecule has 34 heavy (non-hydrogen) atoms. The number of carbonyl (C=O) groups is 3. The lowest BCUT2D eigenvalue weighted by Gasteiger charge is -2.36. The summed E-state index contributed by atoms with van der Waals surface area (Å²) in [6.45, 7) is 1.22. The highest BCUT2D eigenvalue weighted by Crippen LogP contribution is 2.41. The van der Waals surface area contributed by atoms with Crippen LogP contribution in [0.4, 0.5) is 10.1 Å². The number of halogens is 1. The summed E-state index contributed by atoms with van der Waals surface area (Å²) in [5.41, 5.74) is 5.58. The van der Waals surface area contributed by atoms with Gasteiger partial charge in [0, 0.05) is 18.2 Å². The number of benzene rings is 1. The molecule has 4 N–H and O–H groups in total. The average Bonchev–Trinajstić information content (AvgIpc) is 3.29. The van der Waals surface area contributed by atoms with Crippen LogP contribution in [-0.4, -0.2) is 46.9 Å². The van der Waals surface area contributed by atoms with Gasteiger partial charge in [-0.25, -0.2) is 9.18 Å². The minimum absolute atomic E-state index is 0.0568. The van der Waals surface area contributed by atoms with Gasteiger partial charge in [-0.15, -0.1) is 0 Å². The van der Waals surface area contributed by atoms with Gasteiger partial charge in [0.1, 0.15) is 11.9 Å². The molecule has 4 rings (SSSR count). The van der Waals surface area contributed by atoms with Gasteiger partial charge >= 0.3 is 5.97 Å². The summed E-state index contributed by atoms with van der Waals surface area (Å²) >= 11 is 0. The topological polar surface area (TPSA) is 113 Å². The summed E-state index contributed by atoms with van der Waals surface area (Å²) < 4.78 is 14.2. The number of nitrogens with zero attached hydrogens (tertiary/aromatic N) is 1. The van der Waals surface area contributed by atoms with Gasteiger partial charge < -0.3 is 21.1 Å². The number of likely N-dealkylation sites (tertiary alicyclic amines) is 1. The van der Waals surface area contributed by atoms with Crippen molar-refractivity contribution in [2.75, 3.05) is 18.4 Å². The molecule has 3 fully saturated rings. The molecule has 0 unspecified atom stereocenters. The minimum Gasteiger partial charge on any atom is -0.478 e. The van der Waals surface area contributed by atoms with Crippen LogP contribution in [0.5, 0.6) is 0 Å². The maximum atomic E-state index is 14.2. The number of amides is 2. The molecular weight excluding hydrogens is 437 g/mol. The summed E-state index contributed by atoms with van der Waals surface area (Å²) in [5, 5.41) is 11.8. The van der Waals surface area contributed by atoms with Gasteiger partial charge in [0.2, 0.25) is 11.8 Å². The second-order valence-corrected chi connectivity index (χ2v) is 10.3. The Morgan fingerprint density at radius 3 is 2.35 bits per heavy atom. The predicted octanol–water partition coefficient (Wildman–Crippen LogP) is 4.02. The van der Waals surface area contributed by atoms with E-state index in [1.54, 1.807) is 4.90 Å². The summed E-state index contributed by atoms with van der Waals surface area (Å²) in [6, 6.07) is 3.01. The first-order valence-electron chi connectivity index (χ1n) is 12.7. The molecule has 3 aliphatic rings. The van der Waals surface area contributed by atoms with Crippen molar-refractivity contribution in [1.29, 1.82) is 0 Å². The predicted molar refractivity (Wildman–Crippen MR) is 127 cm³/mol. The zero-order valence-electron chi connectivity index (χ0n) is 19.7. The van der Waals surface area contributed by atoms with E-state index < -0.39 is 23.4 Å². The van der Waals surface area contributed by atoms with E-state index in [0.717, 1.165) is 69.9 Å². The maximum Gasteiger partial charge on any atom is 0.338 e. The number of hydrogen-bond donors (Lipinski definition) is 3. The Labute approximate surface area is 200 Å². The van der Waals surface area contributed by atoms with Crippen molar-refractivity contribution in [2.24, 2.45) is 29.4 Å². The number of nitrogens with two attached hydrogens (primary N) is 1. The molecule has 1 heterocycles. The molecule has 0 bridgehead atoms. The van der Waals surface area contributed by atoms with Crippen molar-refractivity contribution in [3.8, 4) is 0 Å². The Balaban J connectivity index is 1.53. The molecule has 2 amide bonds. The number of aromatic carboxylic acids is 1. The molecule has 0 radical (unpaired) electrons. The van der Waals surface area contributed by atoms with Crippen molar-refractivity contribution >= 4 is 23.5 Å². The first-order valence-corrected chi connectivity index (χ1v) is 12.7. The van der Waals surface area contributed by atoms with E-state index in [1.165, 1.54) is 12.5 Å². The molecule has 7 nitrogen and oxygen atoms in total. The number of carboxylic acids is 1. The molecule has 1 saturated heterocycles. The van der Waals surface area contributed by atoms with E-state index in [9.17, 15) is 18.8 Å². The number of anilines is 1. The van der Waals surface area contributed by atoms with Crippen LogP contribution in [0.3, 0.4) is 0 Å². The Morgan fingerprint density at radius 2 is 1.74 bits per heavy atom. The summed E-state index contributed by atoms with van der Waals surface area (Å²) in [6.07, 6.45) is 9.95. The maximum absolute atomic E-state index is 14.2. The highest BCUT2D eigenvalue weighted by atomic mass is 19.1. The third-order valence-corrected chi connectivity index (χ3v) is 8.25. The molecule has 2 atom stereocenters. The van der Waals surface area contributed by atoms with E-state index in [4.69, 9.17) is 10.8 Å². The van der Waals surface area contributed by atoms with Crippen LogP contribution in [0, 0.1) is 29.5 Å². The Kier molecular flexibility index (Phi) is 7.86. The van der Waals surface area contributed by atoms with Crippen molar-refractivity contribution in [2.45, 2.75) is 70.3 Å². The highest BCUT2D eigenvalue weighted by Gasteiger charge is 2.46. The standard InChI is InChI=1S/C26H36FN3O4/c27-22-14-19(10-11-21(22)26(33)34)29-24(31)23-20(17-4-2-1-3-5-17)12-13-30(23)25(32)18-8-6-16(15-28)7-9-18/h10-11,14,16-18,20,23H,1-9,12-13,15,28H2,(H,29,31)(H,33,34)/t16-,18-,20-,23-/m0/s1. The summed E-state index contributed by atoms with van der Waals surface area (Å²) in [4.78, 5) is 40.0. The molecule has 1 aromatic carbocycles. The molecule has 1 aliphatic heterocycles. The van der Waals surface area contributed by atoms with Crippen LogP contribution in [0.2, 0.25) is 0 Å². The average molecular weight is 474 g/mol. The summed E-state index contributed by atoms with van der Waals surface area (Å²) in [5.74, 6) is -1.61. The first kappa shape index (κ1) is 24.6. The number of carboxylic acid groups (broad SMARTS) is 1. The van der Waals surface area contributed by atoms with Gasteiger partial charge in [0.25, 0.3) is 0 Å². The Bertz CT molecular complexity index is 909. The normalized spacial score (nSPS) is 28.0. The second kappa shape index (κ2) is 10.8. The molecule has 0 spiro atoms. The van der Waals surface area contributed by atoms with Crippen LogP contribution >= 0.6 is 0 Å². The molecule has 1 aromatic rings. The molecule has 186 valence electrons. The fourth-order valence-corrected chi connectivity index (χ4v) is 6.32. The fourth-order valence-electron chi connectivity index (χ4n) is 6.32. The zero-order valence-corrected chi connectivity index (χ0v) is 19.7. The number of nitrogens with one attached hydrogen (secondary N) is 1. The number of hydrogen-bond acceptors (Lipinski definition) is 4.